The summed E-state index contributed by atoms with van der Waals surface area (Å²) in [6.45, 7) is 8.71. The van der Waals surface area contributed by atoms with Gasteiger partial charge in [-0.15, -0.1) is 0 Å². The first kappa shape index (κ1) is 20.6. The van der Waals surface area contributed by atoms with E-state index in [-0.39, 0.29) is 17.4 Å². The molecule has 2 aliphatic heterocycles. The maximum atomic E-state index is 11.9. The van der Waals surface area contributed by atoms with E-state index in [9.17, 15) is 4.79 Å². The van der Waals surface area contributed by atoms with E-state index in [1.807, 2.05) is 11.8 Å². The Hall–Kier alpha value is -2.08. The lowest BCUT2D eigenvalue weighted by atomic mass is 9.74. The Kier molecular flexibility index (Phi) is 7.31. The summed E-state index contributed by atoms with van der Waals surface area (Å²) in [4.78, 5) is 18.9. The van der Waals surface area contributed by atoms with Crippen LogP contribution in [-0.2, 0) is 14.9 Å². The largest absolute Gasteiger partial charge is 0.381 e. The summed E-state index contributed by atoms with van der Waals surface area (Å²) >= 11 is 0. The average Bonchev–Trinajstić information content (AvgIpc) is 3.21. The van der Waals surface area contributed by atoms with E-state index in [0.717, 1.165) is 64.6 Å². The highest BCUT2D eigenvalue weighted by Gasteiger charge is 2.34. The van der Waals surface area contributed by atoms with Crippen LogP contribution in [-0.4, -0.2) is 62.2 Å². The maximum Gasteiger partial charge on any atom is 0.222 e. The maximum absolute atomic E-state index is 11.9. The summed E-state index contributed by atoms with van der Waals surface area (Å²) in [5.74, 6) is 1.08. The second-order valence-corrected chi connectivity index (χ2v) is 7.78. The number of ether oxygens (including phenoxy) is 1. The van der Waals surface area contributed by atoms with E-state index >= 15 is 0 Å². The number of aliphatic imine (C=N–C) groups is 1. The van der Waals surface area contributed by atoms with Gasteiger partial charge in [-0.05, 0) is 31.7 Å². The van der Waals surface area contributed by atoms with Gasteiger partial charge in [0.2, 0.25) is 5.91 Å². The monoisotopic (exact) mass is 386 g/mol. The fraction of sp³-hybridized carbons (Fsp3) is 0.636. The van der Waals surface area contributed by atoms with Crippen LogP contribution in [0.2, 0.25) is 0 Å². The number of likely N-dealkylation sites (tertiary alicyclic amines) is 1. The molecular weight excluding hydrogens is 352 g/mol. The zero-order valence-electron chi connectivity index (χ0n) is 17.2. The van der Waals surface area contributed by atoms with Crippen LogP contribution in [0.1, 0.15) is 45.1 Å². The quantitative estimate of drug-likeness (QED) is 0.582. The van der Waals surface area contributed by atoms with Gasteiger partial charge in [0, 0.05) is 50.7 Å². The van der Waals surface area contributed by atoms with Gasteiger partial charge in [-0.3, -0.25) is 9.79 Å². The molecular formula is C22H34N4O2. The third-order valence-corrected chi connectivity index (χ3v) is 5.90. The van der Waals surface area contributed by atoms with Gasteiger partial charge in [0.05, 0.1) is 6.54 Å². The fourth-order valence-electron chi connectivity index (χ4n) is 4.16. The lowest BCUT2D eigenvalue weighted by Gasteiger charge is -2.36. The van der Waals surface area contributed by atoms with Crippen LogP contribution in [0.25, 0.3) is 0 Å². The van der Waals surface area contributed by atoms with Crippen molar-refractivity contribution in [3.63, 3.8) is 0 Å². The van der Waals surface area contributed by atoms with Gasteiger partial charge >= 0.3 is 0 Å². The number of benzene rings is 1. The van der Waals surface area contributed by atoms with Crippen LogP contribution in [0.4, 0.5) is 0 Å². The lowest BCUT2D eigenvalue weighted by molar-refractivity contribution is -0.129. The molecule has 0 aromatic heterocycles. The molecule has 6 nitrogen and oxygen atoms in total. The summed E-state index contributed by atoms with van der Waals surface area (Å²) in [7, 11) is 0. The molecule has 0 aliphatic carbocycles. The molecule has 154 valence electrons. The summed E-state index contributed by atoms with van der Waals surface area (Å²) in [6.07, 6.45) is 3.51. The van der Waals surface area contributed by atoms with Crippen molar-refractivity contribution in [2.75, 3.05) is 39.4 Å². The first-order valence-corrected chi connectivity index (χ1v) is 10.6. The van der Waals surface area contributed by atoms with Crippen molar-refractivity contribution in [1.82, 2.24) is 15.5 Å². The number of hydrogen-bond donors (Lipinski definition) is 2. The first-order valence-electron chi connectivity index (χ1n) is 10.6. The van der Waals surface area contributed by atoms with E-state index in [2.05, 4.69) is 47.9 Å². The predicted octanol–water partition coefficient (Wildman–Crippen LogP) is 2.30. The number of rotatable bonds is 6. The van der Waals surface area contributed by atoms with Crippen LogP contribution < -0.4 is 10.6 Å². The number of nitrogens with one attached hydrogen (secondary N) is 2. The Balaban J connectivity index is 1.69. The van der Waals surface area contributed by atoms with E-state index in [4.69, 9.17) is 9.73 Å². The third kappa shape index (κ3) is 5.04. The molecule has 2 heterocycles. The van der Waals surface area contributed by atoms with Crippen LogP contribution in [0.5, 0.6) is 0 Å². The van der Waals surface area contributed by atoms with Crippen LogP contribution >= 0.6 is 0 Å². The van der Waals surface area contributed by atoms with Gasteiger partial charge in [0.25, 0.3) is 0 Å². The van der Waals surface area contributed by atoms with Crippen molar-refractivity contribution in [3.8, 4) is 0 Å². The molecule has 0 saturated carbocycles. The second-order valence-electron chi connectivity index (χ2n) is 7.78. The summed E-state index contributed by atoms with van der Waals surface area (Å²) in [5.41, 5.74) is 1.38. The molecule has 2 saturated heterocycles. The number of amides is 1. The molecule has 2 aliphatic rings. The molecule has 6 heteroatoms. The highest BCUT2D eigenvalue weighted by atomic mass is 16.5. The van der Waals surface area contributed by atoms with Crippen molar-refractivity contribution in [2.24, 2.45) is 4.99 Å². The molecule has 2 fully saturated rings. The number of carbonyl (C=O) groups is 1. The average molecular weight is 387 g/mol. The highest BCUT2D eigenvalue weighted by Crippen LogP contribution is 2.35. The zero-order valence-corrected chi connectivity index (χ0v) is 17.2. The molecule has 1 unspecified atom stereocenters. The number of hydrogen-bond acceptors (Lipinski definition) is 3. The van der Waals surface area contributed by atoms with Gasteiger partial charge in [-0.1, -0.05) is 37.3 Å². The van der Waals surface area contributed by atoms with Crippen LogP contribution in [0, 0.1) is 0 Å². The lowest BCUT2D eigenvalue weighted by Crippen LogP contribution is -2.46. The van der Waals surface area contributed by atoms with E-state index in [1.54, 1.807) is 0 Å². The number of carbonyl (C=O) groups excluding carboxylic acids is 1. The normalized spacial score (nSPS) is 22.1. The molecule has 1 aromatic carbocycles. The molecule has 0 radical (unpaired) electrons. The molecule has 28 heavy (non-hydrogen) atoms. The number of nitrogens with zero attached hydrogens (tertiary/aromatic N) is 2. The Bertz CT molecular complexity index is 656. The van der Waals surface area contributed by atoms with Crippen molar-refractivity contribution in [1.29, 1.82) is 0 Å². The molecule has 2 N–H and O–H groups in total. The predicted molar refractivity (Wildman–Crippen MR) is 113 cm³/mol. The fourth-order valence-corrected chi connectivity index (χ4v) is 4.16. The smallest absolute Gasteiger partial charge is 0.222 e. The Morgan fingerprint density at radius 1 is 1.25 bits per heavy atom. The van der Waals surface area contributed by atoms with Gasteiger partial charge in [0.15, 0.2) is 5.96 Å². The van der Waals surface area contributed by atoms with Crippen LogP contribution in [0.3, 0.4) is 0 Å². The SMILES string of the molecule is CCNC(=NCC1(c2ccccc2)CCOCC1)NC1CCN(C(=O)CC)C1. The summed E-state index contributed by atoms with van der Waals surface area (Å²) in [5, 5.41) is 6.93. The number of guanidine groups is 1. The van der Waals surface area contributed by atoms with Gasteiger partial charge in [-0.25, -0.2) is 0 Å². The minimum Gasteiger partial charge on any atom is -0.381 e. The van der Waals surface area contributed by atoms with Gasteiger partial charge in [0.1, 0.15) is 0 Å². The summed E-state index contributed by atoms with van der Waals surface area (Å²) < 4.78 is 5.64. The van der Waals surface area contributed by atoms with E-state index in [0.29, 0.717) is 6.42 Å². The Labute approximate surface area is 168 Å². The van der Waals surface area contributed by atoms with Crippen molar-refractivity contribution in [2.45, 2.75) is 51.0 Å². The van der Waals surface area contributed by atoms with Crippen molar-refractivity contribution < 1.29 is 9.53 Å². The van der Waals surface area contributed by atoms with Crippen molar-refractivity contribution in [3.05, 3.63) is 35.9 Å². The standard InChI is InChI=1S/C22H34N4O2/c1-3-20(27)26-13-10-19(16-26)25-21(23-4-2)24-17-22(11-14-28-15-12-22)18-8-6-5-7-9-18/h5-9,19H,3-4,10-17H2,1-2H3,(H2,23,24,25). The van der Waals surface area contributed by atoms with Gasteiger partial charge < -0.3 is 20.3 Å². The van der Waals surface area contributed by atoms with Crippen molar-refractivity contribution >= 4 is 11.9 Å². The van der Waals surface area contributed by atoms with Gasteiger partial charge in [-0.2, -0.15) is 0 Å². The molecule has 0 spiro atoms. The Morgan fingerprint density at radius 2 is 2.00 bits per heavy atom. The molecule has 3 rings (SSSR count). The topological polar surface area (TPSA) is 66.0 Å². The molecule has 0 bridgehead atoms. The minimum atomic E-state index is 0.0295. The van der Waals surface area contributed by atoms with E-state index in [1.165, 1.54) is 5.56 Å². The molecule has 1 atom stereocenters. The highest BCUT2D eigenvalue weighted by molar-refractivity contribution is 5.80. The molecule has 1 aromatic rings. The zero-order chi connectivity index (χ0) is 19.8. The van der Waals surface area contributed by atoms with Crippen LogP contribution in [0.15, 0.2) is 35.3 Å². The first-order chi connectivity index (χ1) is 13.7. The van der Waals surface area contributed by atoms with E-state index < -0.39 is 0 Å². The molecule has 1 amide bonds. The minimum absolute atomic E-state index is 0.0295. The summed E-state index contributed by atoms with van der Waals surface area (Å²) in [6, 6.07) is 11.0. The Morgan fingerprint density at radius 3 is 2.68 bits per heavy atom. The second kappa shape index (κ2) is 9.92. The third-order valence-electron chi connectivity index (χ3n) is 5.90.